The lowest BCUT2D eigenvalue weighted by molar-refractivity contribution is -0.319. The van der Waals surface area contributed by atoms with E-state index in [9.17, 15) is 5.11 Å². The average molecular weight is 381 g/mol. The summed E-state index contributed by atoms with van der Waals surface area (Å²) in [6.45, 7) is 16.1. The van der Waals surface area contributed by atoms with E-state index in [1.807, 2.05) is 13.8 Å². The molecule has 2 aliphatic heterocycles. The Labute approximate surface area is 165 Å². The maximum Gasteiger partial charge on any atom is 0.163 e. The molecule has 0 spiro atoms. The second kappa shape index (κ2) is 5.93. The monoisotopic (exact) mass is 380 g/mol. The molecule has 4 nitrogen and oxygen atoms in total. The number of hydrogen-bond acceptors (Lipinski definition) is 4. The van der Waals surface area contributed by atoms with Gasteiger partial charge >= 0.3 is 0 Å². The molecule has 2 saturated heterocycles. The number of hydrogen-bond donors (Lipinski definition) is 1. The highest BCUT2D eigenvalue weighted by Gasteiger charge is 2.66. The second-order valence-corrected chi connectivity index (χ2v) is 11.7. The minimum Gasteiger partial charge on any atom is -0.390 e. The van der Waals surface area contributed by atoms with Gasteiger partial charge in [0.15, 0.2) is 5.79 Å². The Hall–Kier alpha value is -0.160. The van der Waals surface area contributed by atoms with E-state index in [0.29, 0.717) is 23.9 Å². The Kier molecular flexibility index (Phi) is 4.42. The van der Waals surface area contributed by atoms with Crippen molar-refractivity contribution in [3.63, 3.8) is 0 Å². The predicted molar refractivity (Wildman–Crippen MR) is 105 cm³/mol. The summed E-state index contributed by atoms with van der Waals surface area (Å²) in [5.41, 5.74) is -0.388. The van der Waals surface area contributed by atoms with Gasteiger partial charge in [-0.3, -0.25) is 0 Å². The summed E-state index contributed by atoms with van der Waals surface area (Å²) in [6.07, 6.45) is 6.21. The molecule has 4 rings (SSSR count). The molecule has 4 heteroatoms. The van der Waals surface area contributed by atoms with Crippen molar-refractivity contribution in [1.82, 2.24) is 0 Å². The van der Waals surface area contributed by atoms with E-state index in [0.717, 1.165) is 19.3 Å². The average Bonchev–Trinajstić information content (AvgIpc) is 2.90. The van der Waals surface area contributed by atoms with Gasteiger partial charge in [0.25, 0.3) is 0 Å². The first-order valence-corrected chi connectivity index (χ1v) is 11.0. The van der Waals surface area contributed by atoms with Crippen LogP contribution in [0.5, 0.6) is 0 Å². The number of ether oxygens (including phenoxy) is 3. The highest BCUT2D eigenvalue weighted by Crippen LogP contribution is 2.65. The number of aliphatic hydroxyl groups is 1. The van der Waals surface area contributed by atoms with Crippen LogP contribution in [0.3, 0.4) is 0 Å². The largest absolute Gasteiger partial charge is 0.390 e. The predicted octanol–water partition coefficient (Wildman–Crippen LogP) is 4.68. The van der Waals surface area contributed by atoms with Crippen LogP contribution in [0.15, 0.2) is 0 Å². The van der Waals surface area contributed by atoms with E-state index in [2.05, 4.69) is 34.6 Å². The van der Waals surface area contributed by atoms with E-state index >= 15 is 0 Å². The molecule has 4 aliphatic rings. The lowest BCUT2D eigenvalue weighted by atomic mass is 9.43. The zero-order valence-corrected chi connectivity index (χ0v) is 18.4. The van der Waals surface area contributed by atoms with Gasteiger partial charge in [0, 0.05) is 0 Å². The fraction of sp³-hybridized carbons (Fsp3) is 1.00. The molecule has 0 amide bonds. The van der Waals surface area contributed by atoms with Crippen molar-refractivity contribution in [2.75, 3.05) is 6.61 Å². The summed E-state index contributed by atoms with van der Waals surface area (Å²) >= 11 is 0. The van der Waals surface area contributed by atoms with Crippen LogP contribution < -0.4 is 0 Å². The molecule has 0 radical (unpaired) electrons. The molecule has 7 atom stereocenters. The zero-order chi connectivity index (χ0) is 19.9. The number of rotatable bonds is 1. The molecule has 4 fully saturated rings. The Morgan fingerprint density at radius 3 is 2.22 bits per heavy atom. The normalized spacial score (nSPS) is 54.2. The summed E-state index contributed by atoms with van der Waals surface area (Å²) in [5.74, 6) is 0.399. The molecular formula is C23H40O4. The van der Waals surface area contributed by atoms with Gasteiger partial charge < -0.3 is 19.3 Å². The molecule has 156 valence electrons. The van der Waals surface area contributed by atoms with E-state index in [-0.39, 0.29) is 11.5 Å². The topological polar surface area (TPSA) is 47.9 Å². The lowest BCUT2D eigenvalue weighted by Gasteiger charge is -2.67. The van der Waals surface area contributed by atoms with Crippen molar-refractivity contribution in [2.45, 2.75) is 116 Å². The molecule has 1 N–H and O–H groups in total. The summed E-state index contributed by atoms with van der Waals surface area (Å²) in [5, 5.41) is 11.3. The van der Waals surface area contributed by atoms with Crippen molar-refractivity contribution in [3.05, 3.63) is 0 Å². The van der Waals surface area contributed by atoms with Crippen molar-refractivity contribution in [2.24, 2.45) is 22.7 Å². The fourth-order valence-electron chi connectivity index (χ4n) is 7.47. The number of fused-ring (bicyclic) bond motifs is 3. The van der Waals surface area contributed by atoms with Crippen LogP contribution in [0, 0.1) is 22.7 Å². The standard InChI is InChI=1S/C23H40O4/c1-19(2)10-8-11-21(5)15-9-12-22(6,18-14-25-20(3,4)26-18)27-23(15,7)17(24)13-16(19)21/h15-18,24H,8-14H2,1-7H3/t15-,16-,17+,18-,21-,22-,23+/m1/s1. The maximum atomic E-state index is 11.3. The third kappa shape index (κ3) is 2.93. The van der Waals surface area contributed by atoms with Gasteiger partial charge in [0.05, 0.1) is 23.9 Å². The van der Waals surface area contributed by atoms with Gasteiger partial charge in [0.1, 0.15) is 6.10 Å². The fourth-order valence-corrected chi connectivity index (χ4v) is 7.47. The van der Waals surface area contributed by atoms with Crippen LogP contribution in [0.25, 0.3) is 0 Å². The minimum atomic E-state index is -0.551. The van der Waals surface area contributed by atoms with Crippen molar-refractivity contribution in [3.8, 4) is 0 Å². The Morgan fingerprint density at radius 2 is 1.59 bits per heavy atom. The number of aliphatic hydroxyl groups excluding tert-OH is 1. The lowest BCUT2D eigenvalue weighted by Crippen LogP contribution is -2.69. The SMILES string of the molecule is CC1(C)OC[C@H]([C@@]2(C)CC[C@@H]3[C@@]4(C)CCCC(C)(C)[C@H]4C[C@H](O)[C@@]3(C)O2)O1. The molecule has 0 aromatic heterocycles. The first kappa shape index (κ1) is 20.1. The van der Waals surface area contributed by atoms with Crippen molar-refractivity contribution < 1.29 is 19.3 Å². The molecule has 27 heavy (non-hydrogen) atoms. The van der Waals surface area contributed by atoms with Crippen LogP contribution in [0.1, 0.15) is 87.0 Å². The Bertz CT molecular complexity index is 601. The highest BCUT2D eigenvalue weighted by molar-refractivity contribution is 5.14. The van der Waals surface area contributed by atoms with Gasteiger partial charge in [-0.05, 0) is 82.5 Å². The molecule has 0 aromatic carbocycles. The maximum absolute atomic E-state index is 11.3. The molecular weight excluding hydrogens is 340 g/mol. The van der Waals surface area contributed by atoms with Crippen LogP contribution in [-0.2, 0) is 14.2 Å². The van der Waals surface area contributed by atoms with Gasteiger partial charge in [-0.15, -0.1) is 0 Å². The first-order valence-electron chi connectivity index (χ1n) is 11.0. The van der Waals surface area contributed by atoms with Crippen molar-refractivity contribution >= 4 is 0 Å². The summed E-state index contributed by atoms with van der Waals surface area (Å²) in [7, 11) is 0. The first-order chi connectivity index (χ1) is 12.3. The van der Waals surface area contributed by atoms with E-state index in [1.54, 1.807) is 0 Å². The van der Waals surface area contributed by atoms with Gasteiger partial charge in [-0.2, -0.15) is 0 Å². The van der Waals surface area contributed by atoms with Crippen LogP contribution in [0.4, 0.5) is 0 Å². The molecule has 2 heterocycles. The summed E-state index contributed by atoms with van der Waals surface area (Å²) in [4.78, 5) is 0. The smallest absolute Gasteiger partial charge is 0.163 e. The molecule has 2 saturated carbocycles. The zero-order valence-electron chi connectivity index (χ0n) is 18.4. The summed E-state index contributed by atoms with van der Waals surface area (Å²) in [6, 6.07) is 0. The van der Waals surface area contributed by atoms with Crippen LogP contribution in [-0.4, -0.2) is 40.9 Å². The Balaban J connectivity index is 1.64. The van der Waals surface area contributed by atoms with Gasteiger partial charge in [-0.25, -0.2) is 0 Å². The molecule has 2 aliphatic carbocycles. The molecule has 0 bridgehead atoms. The third-order valence-corrected chi connectivity index (χ3v) is 8.96. The van der Waals surface area contributed by atoms with Crippen LogP contribution in [0.2, 0.25) is 0 Å². The van der Waals surface area contributed by atoms with E-state index in [4.69, 9.17) is 14.2 Å². The van der Waals surface area contributed by atoms with E-state index < -0.39 is 23.1 Å². The summed E-state index contributed by atoms with van der Waals surface area (Å²) < 4.78 is 18.9. The van der Waals surface area contributed by atoms with Gasteiger partial charge in [0.2, 0.25) is 0 Å². The van der Waals surface area contributed by atoms with Crippen LogP contribution >= 0.6 is 0 Å². The van der Waals surface area contributed by atoms with Gasteiger partial charge in [-0.1, -0.05) is 27.2 Å². The molecule has 0 aromatic rings. The highest BCUT2D eigenvalue weighted by atomic mass is 16.8. The molecule has 0 unspecified atom stereocenters. The minimum absolute atomic E-state index is 0.0780. The Morgan fingerprint density at radius 1 is 0.889 bits per heavy atom. The second-order valence-electron chi connectivity index (χ2n) is 11.7. The van der Waals surface area contributed by atoms with E-state index in [1.165, 1.54) is 19.3 Å². The van der Waals surface area contributed by atoms with Crippen molar-refractivity contribution in [1.29, 1.82) is 0 Å². The quantitative estimate of drug-likeness (QED) is 0.717. The third-order valence-electron chi connectivity index (χ3n) is 8.96.